The number of carbonyl (C=O) groups excluding carboxylic acids is 1. The molecule has 2 aromatic rings. The van der Waals surface area contributed by atoms with E-state index < -0.39 is 5.92 Å². The lowest BCUT2D eigenvalue weighted by Crippen LogP contribution is -2.16. The van der Waals surface area contributed by atoms with Gasteiger partial charge in [-0.05, 0) is 11.6 Å². The van der Waals surface area contributed by atoms with Crippen LogP contribution in [-0.2, 0) is 7.05 Å². The summed E-state index contributed by atoms with van der Waals surface area (Å²) >= 11 is 0. The van der Waals surface area contributed by atoms with Crippen molar-refractivity contribution in [2.45, 2.75) is 12.3 Å². The van der Waals surface area contributed by atoms with E-state index >= 15 is 0 Å². The minimum atomic E-state index is -0.424. The van der Waals surface area contributed by atoms with Gasteiger partial charge in [-0.15, -0.1) is 0 Å². The Kier molecular flexibility index (Phi) is 3.54. The molecule has 2 rings (SSSR count). The lowest BCUT2D eigenvalue weighted by atomic mass is 9.90. The lowest BCUT2D eigenvalue weighted by molar-refractivity contribution is 0.0951. The number of aryl methyl sites for hydroxylation is 1. The molecule has 0 radical (unpaired) electrons. The first-order valence-electron chi connectivity index (χ1n) is 5.68. The fraction of sp³-hybridized carbons (Fsp3) is 0.214. The zero-order valence-electron chi connectivity index (χ0n) is 10.1. The van der Waals surface area contributed by atoms with Crippen LogP contribution in [0.3, 0.4) is 0 Å². The van der Waals surface area contributed by atoms with E-state index in [-0.39, 0.29) is 12.2 Å². The van der Waals surface area contributed by atoms with Gasteiger partial charge in [0.1, 0.15) is 5.69 Å². The summed E-state index contributed by atoms with van der Waals surface area (Å²) in [5.41, 5.74) is 1.39. The summed E-state index contributed by atoms with van der Waals surface area (Å²) < 4.78 is 1.54. The third-order valence-electron chi connectivity index (χ3n) is 2.89. The summed E-state index contributed by atoms with van der Waals surface area (Å²) in [6, 6.07) is 13.1. The first kappa shape index (κ1) is 12.1. The Balaban J connectivity index is 2.35. The molecule has 1 aromatic carbocycles. The second kappa shape index (κ2) is 5.28. The number of nitrogens with zero attached hydrogens (tertiary/aromatic N) is 3. The van der Waals surface area contributed by atoms with E-state index in [1.54, 1.807) is 19.3 Å². The number of ketones is 1. The molecule has 1 unspecified atom stereocenters. The summed E-state index contributed by atoms with van der Waals surface area (Å²) in [5.74, 6) is -0.491. The average molecular weight is 239 g/mol. The van der Waals surface area contributed by atoms with Gasteiger partial charge >= 0.3 is 0 Å². The number of hydrogen-bond donors (Lipinski definition) is 0. The highest BCUT2D eigenvalue weighted by Gasteiger charge is 2.23. The quantitative estimate of drug-likeness (QED) is 0.769. The molecule has 18 heavy (non-hydrogen) atoms. The monoisotopic (exact) mass is 239 g/mol. The van der Waals surface area contributed by atoms with Crippen molar-refractivity contribution in [3.63, 3.8) is 0 Å². The smallest absolute Gasteiger partial charge is 0.189 e. The molecule has 0 saturated heterocycles. The number of benzene rings is 1. The van der Waals surface area contributed by atoms with Crippen LogP contribution in [0.5, 0.6) is 0 Å². The van der Waals surface area contributed by atoms with Gasteiger partial charge in [0.25, 0.3) is 0 Å². The number of aromatic nitrogens is 2. The van der Waals surface area contributed by atoms with E-state index in [0.717, 1.165) is 5.56 Å². The Labute approximate surface area is 105 Å². The van der Waals surface area contributed by atoms with Crippen molar-refractivity contribution in [2.24, 2.45) is 7.05 Å². The lowest BCUT2D eigenvalue weighted by Gasteiger charge is -2.12. The standard InChI is InChI=1S/C14H13N3O/c1-17-13(8-10-16-17)14(18)12(7-9-15)11-5-3-2-4-6-11/h2-6,8,10,12H,7H2,1H3. The zero-order chi connectivity index (χ0) is 13.0. The molecule has 4 heteroatoms. The molecule has 0 bridgehead atoms. The fourth-order valence-electron chi connectivity index (χ4n) is 1.93. The highest BCUT2D eigenvalue weighted by Crippen LogP contribution is 2.23. The second-order valence-electron chi connectivity index (χ2n) is 4.03. The molecule has 1 aromatic heterocycles. The molecule has 0 spiro atoms. The van der Waals surface area contributed by atoms with Crippen molar-refractivity contribution in [3.05, 3.63) is 53.9 Å². The van der Waals surface area contributed by atoms with Crippen LogP contribution in [0.4, 0.5) is 0 Å². The van der Waals surface area contributed by atoms with Gasteiger partial charge in [-0.25, -0.2) is 0 Å². The molecule has 0 N–H and O–H groups in total. The summed E-state index contributed by atoms with van der Waals surface area (Å²) in [6.45, 7) is 0. The largest absolute Gasteiger partial charge is 0.292 e. The van der Waals surface area contributed by atoms with Crippen LogP contribution in [0.25, 0.3) is 0 Å². The number of carbonyl (C=O) groups is 1. The molecule has 0 aliphatic carbocycles. The number of Topliss-reactive ketones (excluding diaryl/α,β-unsaturated/α-hetero) is 1. The van der Waals surface area contributed by atoms with Crippen molar-refractivity contribution in [1.29, 1.82) is 5.26 Å². The van der Waals surface area contributed by atoms with E-state index in [1.807, 2.05) is 30.3 Å². The Morgan fingerprint density at radius 1 is 1.39 bits per heavy atom. The molecule has 0 saturated carbocycles. The zero-order valence-corrected chi connectivity index (χ0v) is 10.1. The van der Waals surface area contributed by atoms with Gasteiger partial charge in [0.05, 0.1) is 12.0 Å². The van der Waals surface area contributed by atoms with Crippen molar-refractivity contribution in [1.82, 2.24) is 9.78 Å². The summed E-state index contributed by atoms with van der Waals surface area (Å²) in [5, 5.41) is 12.9. The molecular weight excluding hydrogens is 226 g/mol. The van der Waals surface area contributed by atoms with Crippen LogP contribution >= 0.6 is 0 Å². The number of rotatable bonds is 4. The Morgan fingerprint density at radius 2 is 2.11 bits per heavy atom. The van der Waals surface area contributed by atoms with Crippen LogP contribution in [0.1, 0.15) is 28.4 Å². The fourth-order valence-corrected chi connectivity index (χ4v) is 1.93. The van der Waals surface area contributed by atoms with Crippen molar-refractivity contribution in [3.8, 4) is 6.07 Å². The van der Waals surface area contributed by atoms with E-state index in [1.165, 1.54) is 4.68 Å². The highest BCUT2D eigenvalue weighted by atomic mass is 16.1. The molecule has 0 amide bonds. The SMILES string of the molecule is Cn1nccc1C(=O)C(CC#N)c1ccccc1. The predicted molar refractivity (Wildman–Crippen MR) is 67.0 cm³/mol. The maximum absolute atomic E-state index is 12.4. The van der Waals surface area contributed by atoms with Gasteiger partial charge in [-0.1, -0.05) is 30.3 Å². The maximum Gasteiger partial charge on any atom is 0.189 e. The molecule has 1 atom stereocenters. The van der Waals surface area contributed by atoms with Crippen LogP contribution in [-0.4, -0.2) is 15.6 Å². The molecule has 1 heterocycles. The maximum atomic E-state index is 12.4. The van der Waals surface area contributed by atoms with E-state index in [9.17, 15) is 4.79 Å². The molecule has 0 aliphatic heterocycles. The van der Waals surface area contributed by atoms with Gasteiger partial charge in [-0.3, -0.25) is 9.48 Å². The van der Waals surface area contributed by atoms with Crippen LogP contribution in [0, 0.1) is 11.3 Å². The van der Waals surface area contributed by atoms with E-state index in [0.29, 0.717) is 5.69 Å². The molecule has 4 nitrogen and oxygen atoms in total. The molecule has 90 valence electrons. The normalized spacial score (nSPS) is 11.8. The van der Waals surface area contributed by atoms with Crippen LogP contribution < -0.4 is 0 Å². The third-order valence-corrected chi connectivity index (χ3v) is 2.89. The molecule has 0 aliphatic rings. The highest BCUT2D eigenvalue weighted by molar-refractivity contribution is 5.99. The Hall–Kier alpha value is -2.41. The summed E-state index contributed by atoms with van der Waals surface area (Å²) in [4.78, 5) is 12.4. The predicted octanol–water partition coefficient (Wildman–Crippen LogP) is 2.30. The van der Waals surface area contributed by atoms with Gasteiger partial charge in [0, 0.05) is 19.7 Å². The second-order valence-corrected chi connectivity index (χ2v) is 4.03. The van der Waals surface area contributed by atoms with Crippen molar-refractivity contribution in [2.75, 3.05) is 0 Å². The van der Waals surface area contributed by atoms with Crippen LogP contribution in [0.15, 0.2) is 42.6 Å². The van der Waals surface area contributed by atoms with E-state index in [4.69, 9.17) is 5.26 Å². The minimum absolute atomic E-state index is 0.0669. The first-order chi connectivity index (χ1) is 8.74. The number of hydrogen-bond acceptors (Lipinski definition) is 3. The first-order valence-corrected chi connectivity index (χ1v) is 5.68. The molecular formula is C14H13N3O. The minimum Gasteiger partial charge on any atom is -0.292 e. The average Bonchev–Trinajstić information content (AvgIpc) is 2.82. The van der Waals surface area contributed by atoms with Crippen molar-refractivity contribution < 1.29 is 4.79 Å². The Bertz CT molecular complexity index is 581. The van der Waals surface area contributed by atoms with Gasteiger partial charge in [0.2, 0.25) is 0 Å². The van der Waals surface area contributed by atoms with Gasteiger partial charge < -0.3 is 0 Å². The third kappa shape index (κ3) is 2.30. The summed E-state index contributed by atoms with van der Waals surface area (Å²) in [7, 11) is 1.72. The topological polar surface area (TPSA) is 58.7 Å². The Morgan fingerprint density at radius 3 is 2.67 bits per heavy atom. The molecule has 0 fully saturated rings. The summed E-state index contributed by atoms with van der Waals surface area (Å²) in [6.07, 6.45) is 1.76. The van der Waals surface area contributed by atoms with Crippen LogP contribution in [0.2, 0.25) is 0 Å². The van der Waals surface area contributed by atoms with Gasteiger partial charge in [-0.2, -0.15) is 10.4 Å². The van der Waals surface area contributed by atoms with Gasteiger partial charge in [0.15, 0.2) is 5.78 Å². The van der Waals surface area contributed by atoms with E-state index in [2.05, 4.69) is 11.2 Å². The number of nitriles is 1. The van der Waals surface area contributed by atoms with Crippen molar-refractivity contribution >= 4 is 5.78 Å².